The maximum Gasteiger partial charge on any atom is 0.317 e. The fraction of sp³-hybridized carbons (Fsp3) is 0.400. The lowest BCUT2D eigenvalue weighted by molar-refractivity contribution is 0.192. The molecule has 1 aromatic heterocycles. The molecular formula is C20H25N3O2. The van der Waals surface area contributed by atoms with Gasteiger partial charge in [-0.05, 0) is 49.4 Å². The first-order valence-electron chi connectivity index (χ1n) is 8.84. The smallest absolute Gasteiger partial charge is 0.317 e. The van der Waals surface area contributed by atoms with Gasteiger partial charge in [0.15, 0.2) is 0 Å². The predicted octanol–water partition coefficient (Wildman–Crippen LogP) is 3.01. The molecule has 5 nitrogen and oxygen atoms in total. The number of rotatable bonds is 4. The Morgan fingerprint density at radius 2 is 1.92 bits per heavy atom. The Labute approximate surface area is 148 Å². The van der Waals surface area contributed by atoms with E-state index in [1.165, 1.54) is 22.8 Å². The summed E-state index contributed by atoms with van der Waals surface area (Å²) in [7, 11) is 0. The van der Waals surface area contributed by atoms with Crippen LogP contribution in [0.5, 0.6) is 0 Å². The Balaban J connectivity index is 1.65. The highest BCUT2D eigenvalue weighted by Gasteiger charge is 2.31. The van der Waals surface area contributed by atoms with E-state index in [1.807, 2.05) is 11.0 Å². The summed E-state index contributed by atoms with van der Waals surface area (Å²) in [6, 6.07) is 11.4. The molecule has 1 aromatic carbocycles. The van der Waals surface area contributed by atoms with Gasteiger partial charge in [-0.2, -0.15) is 0 Å². The second-order valence-electron chi connectivity index (χ2n) is 6.62. The highest BCUT2D eigenvalue weighted by molar-refractivity contribution is 5.75. The molecule has 2 amide bonds. The van der Waals surface area contributed by atoms with Crippen molar-refractivity contribution < 1.29 is 4.79 Å². The van der Waals surface area contributed by atoms with Crippen LogP contribution in [-0.2, 0) is 6.54 Å². The number of hydrogen-bond acceptors (Lipinski definition) is 2. The maximum atomic E-state index is 12.7. The highest BCUT2D eigenvalue weighted by atomic mass is 16.2. The van der Waals surface area contributed by atoms with Gasteiger partial charge in [0.2, 0.25) is 0 Å². The minimum absolute atomic E-state index is 0.0471. The molecule has 1 fully saturated rings. The van der Waals surface area contributed by atoms with Crippen molar-refractivity contribution in [3.63, 3.8) is 0 Å². The van der Waals surface area contributed by atoms with E-state index in [0.717, 1.165) is 19.4 Å². The van der Waals surface area contributed by atoms with Crippen molar-refractivity contribution in [3.8, 4) is 0 Å². The minimum Gasteiger partial charge on any atom is -0.336 e. The summed E-state index contributed by atoms with van der Waals surface area (Å²) in [6.07, 6.45) is 3.76. The Hall–Kier alpha value is -2.56. The first kappa shape index (κ1) is 17.3. The van der Waals surface area contributed by atoms with E-state index in [9.17, 15) is 9.59 Å². The molecule has 3 rings (SSSR count). The van der Waals surface area contributed by atoms with Crippen molar-refractivity contribution >= 4 is 6.03 Å². The van der Waals surface area contributed by atoms with Gasteiger partial charge in [-0.25, -0.2) is 4.79 Å². The Bertz CT molecular complexity index is 792. The second-order valence-corrected chi connectivity index (χ2v) is 6.62. The van der Waals surface area contributed by atoms with Crippen molar-refractivity contribution in [1.82, 2.24) is 14.8 Å². The Kier molecular flexibility index (Phi) is 5.22. The average Bonchev–Trinajstić information content (AvgIpc) is 3.06. The first-order chi connectivity index (χ1) is 12.1. The number of aromatic nitrogens is 1. The van der Waals surface area contributed by atoms with Gasteiger partial charge in [0.25, 0.3) is 5.56 Å². The number of nitrogens with zero attached hydrogens (tertiary/aromatic N) is 2. The third-order valence-corrected chi connectivity index (χ3v) is 4.92. The fourth-order valence-electron chi connectivity index (χ4n) is 3.69. The largest absolute Gasteiger partial charge is 0.336 e. The number of pyridine rings is 1. The van der Waals surface area contributed by atoms with Gasteiger partial charge < -0.3 is 14.8 Å². The molecule has 1 saturated heterocycles. The monoisotopic (exact) mass is 339 g/mol. The Morgan fingerprint density at radius 3 is 2.64 bits per heavy atom. The van der Waals surface area contributed by atoms with Crippen LogP contribution in [-0.4, -0.2) is 28.6 Å². The summed E-state index contributed by atoms with van der Waals surface area (Å²) in [6.45, 7) is 5.92. The normalized spacial score (nSPS) is 16.9. The summed E-state index contributed by atoms with van der Waals surface area (Å²) in [5.41, 5.74) is 3.70. The lowest BCUT2D eigenvalue weighted by atomic mass is 9.95. The van der Waals surface area contributed by atoms with E-state index >= 15 is 0 Å². The number of carbonyl (C=O) groups excluding carboxylic acids is 1. The molecule has 1 aliphatic rings. The van der Waals surface area contributed by atoms with Crippen LogP contribution in [0.25, 0.3) is 0 Å². The second kappa shape index (κ2) is 7.55. The summed E-state index contributed by atoms with van der Waals surface area (Å²) >= 11 is 0. The number of likely N-dealkylation sites (tertiary alicyclic amines) is 1. The van der Waals surface area contributed by atoms with Gasteiger partial charge in [0, 0.05) is 31.9 Å². The zero-order valence-corrected chi connectivity index (χ0v) is 14.9. The maximum absolute atomic E-state index is 12.7. The third-order valence-electron chi connectivity index (χ3n) is 4.92. The Morgan fingerprint density at radius 1 is 1.16 bits per heavy atom. The summed E-state index contributed by atoms with van der Waals surface area (Å²) in [5, 5.41) is 2.97. The van der Waals surface area contributed by atoms with Gasteiger partial charge in [-0.3, -0.25) is 4.79 Å². The molecule has 0 bridgehead atoms. The van der Waals surface area contributed by atoms with E-state index in [0.29, 0.717) is 13.1 Å². The SMILES string of the molecule is Cc1cccc(C)c1C1CCCN1C(=O)NCCn1ccccc1=O. The quantitative estimate of drug-likeness (QED) is 0.931. The molecule has 2 aromatic rings. The van der Waals surface area contributed by atoms with Crippen molar-refractivity contribution in [2.75, 3.05) is 13.1 Å². The van der Waals surface area contributed by atoms with Gasteiger partial charge in [-0.15, -0.1) is 0 Å². The molecule has 1 atom stereocenters. The lowest BCUT2D eigenvalue weighted by Gasteiger charge is -2.28. The molecule has 1 unspecified atom stereocenters. The van der Waals surface area contributed by atoms with Gasteiger partial charge in [-0.1, -0.05) is 24.3 Å². The summed E-state index contributed by atoms with van der Waals surface area (Å²) < 4.78 is 1.60. The van der Waals surface area contributed by atoms with E-state index < -0.39 is 0 Å². The van der Waals surface area contributed by atoms with Crippen LogP contribution < -0.4 is 10.9 Å². The average molecular weight is 339 g/mol. The van der Waals surface area contributed by atoms with Crippen LogP contribution in [0, 0.1) is 13.8 Å². The molecule has 2 heterocycles. The van der Waals surface area contributed by atoms with E-state index in [4.69, 9.17) is 0 Å². The number of urea groups is 1. The molecule has 25 heavy (non-hydrogen) atoms. The molecule has 5 heteroatoms. The number of carbonyl (C=O) groups is 1. The number of hydrogen-bond donors (Lipinski definition) is 1. The molecule has 1 N–H and O–H groups in total. The van der Waals surface area contributed by atoms with E-state index in [1.54, 1.807) is 16.8 Å². The van der Waals surface area contributed by atoms with Crippen molar-refractivity contribution in [1.29, 1.82) is 0 Å². The molecular weight excluding hydrogens is 314 g/mol. The number of aryl methyl sites for hydroxylation is 2. The third kappa shape index (κ3) is 3.76. The van der Waals surface area contributed by atoms with Crippen LogP contribution in [0.2, 0.25) is 0 Å². The van der Waals surface area contributed by atoms with Crippen LogP contribution in [0.15, 0.2) is 47.4 Å². The topological polar surface area (TPSA) is 54.3 Å². The molecule has 0 aliphatic carbocycles. The lowest BCUT2D eigenvalue weighted by Crippen LogP contribution is -2.41. The number of benzene rings is 1. The molecule has 0 radical (unpaired) electrons. The standard InChI is InChI=1S/C20H25N3O2/c1-15-7-5-8-16(2)19(15)17-9-6-13-23(17)20(25)21-11-14-22-12-4-3-10-18(22)24/h3-5,7-8,10,12,17H,6,9,11,13-14H2,1-2H3,(H,21,25). The first-order valence-corrected chi connectivity index (χ1v) is 8.84. The van der Waals surface area contributed by atoms with Gasteiger partial charge in [0.05, 0.1) is 6.04 Å². The summed E-state index contributed by atoms with van der Waals surface area (Å²) in [5.74, 6) is 0. The van der Waals surface area contributed by atoms with Crippen LogP contribution in [0.3, 0.4) is 0 Å². The van der Waals surface area contributed by atoms with Crippen LogP contribution in [0.1, 0.15) is 35.6 Å². The van der Waals surface area contributed by atoms with Crippen LogP contribution in [0.4, 0.5) is 4.79 Å². The zero-order valence-electron chi connectivity index (χ0n) is 14.9. The minimum atomic E-state index is -0.0497. The van der Waals surface area contributed by atoms with Crippen molar-refractivity contribution in [3.05, 3.63) is 69.6 Å². The van der Waals surface area contributed by atoms with Gasteiger partial charge in [0.1, 0.15) is 0 Å². The zero-order chi connectivity index (χ0) is 17.8. The number of nitrogens with one attached hydrogen (secondary N) is 1. The highest BCUT2D eigenvalue weighted by Crippen LogP contribution is 2.35. The molecule has 132 valence electrons. The van der Waals surface area contributed by atoms with Crippen LogP contribution >= 0.6 is 0 Å². The number of amides is 2. The van der Waals surface area contributed by atoms with Crippen molar-refractivity contribution in [2.24, 2.45) is 0 Å². The van der Waals surface area contributed by atoms with Gasteiger partial charge >= 0.3 is 6.03 Å². The van der Waals surface area contributed by atoms with E-state index in [-0.39, 0.29) is 17.6 Å². The fourth-order valence-corrected chi connectivity index (χ4v) is 3.69. The van der Waals surface area contributed by atoms with Crippen molar-refractivity contribution in [2.45, 2.75) is 39.3 Å². The molecule has 1 aliphatic heterocycles. The van der Waals surface area contributed by atoms with E-state index in [2.05, 4.69) is 37.4 Å². The predicted molar refractivity (Wildman–Crippen MR) is 98.7 cm³/mol. The summed E-state index contributed by atoms with van der Waals surface area (Å²) in [4.78, 5) is 26.3. The molecule has 0 spiro atoms. The molecule has 0 saturated carbocycles.